The summed E-state index contributed by atoms with van der Waals surface area (Å²) in [7, 11) is 0. The number of nitrogens with zero attached hydrogens (tertiary/aromatic N) is 2. The molecule has 0 aliphatic heterocycles. The van der Waals surface area contributed by atoms with Gasteiger partial charge in [-0.05, 0) is 26.0 Å². The molecule has 0 saturated carbocycles. The van der Waals surface area contributed by atoms with Crippen molar-refractivity contribution < 1.29 is 0 Å². The number of hydrogen-bond acceptors (Lipinski definition) is 4. The number of H-pyrrole nitrogens is 1. The fraction of sp³-hybridized carbons (Fsp3) is 0.154. The Kier molecular flexibility index (Phi) is 4.72. The van der Waals surface area contributed by atoms with Crippen molar-refractivity contribution in [3.63, 3.8) is 0 Å². The maximum atomic E-state index is 11.3. The summed E-state index contributed by atoms with van der Waals surface area (Å²) in [5, 5.41) is 4.23. The van der Waals surface area contributed by atoms with E-state index in [-0.39, 0.29) is 5.56 Å². The topological polar surface area (TPSA) is 70.1 Å². The summed E-state index contributed by atoms with van der Waals surface area (Å²) >= 11 is 6.89. The zero-order valence-electron chi connectivity index (χ0n) is 10.9. The Bertz CT molecular complexity index is 725. The summed E-state index contributed by atoms with van der Waals surface area (Å²) in [6.45, 7) is 3.62. The first-order valence-corrected chi connectivity index (χ1v) is 7.38. The van der Waals surface area contributed by atoms with Crippen molar-refractivity contribution in [3.05, 3.63) is 54.8 Å². The molecule has 0 atom stereocenters. The van der Waals surface area contributed by atoms with Gasteiger partial charge in [0.15, 0.2) is 0 Å². The van der Waals surface area contributed by atoms with Crippen LogP contribution in [-0.4, -0.2) is 15.7 Å². The Morgan fingerprint density at radius 1 is 1.35 bits per heavy atom. The molecule has 5 nitrogen and oxygen atoms in total. The average molecular weight is 400 g/mol. The number of hydrogen-bond donors (Lipinski definition) is 2. The molecule has 0 bridgehead atoms. The first-order chi connectivity index (χ1) is 9.45. The van der Waals surface area contributed by atoms with E-state index in [1.165, 1.54) is 6.07 Å². The van der Waals surface area contributed by atoms with E-state index >= 15 is 0 Å². The SMILES string of the molecule is CC(=NNc1nc(C)cc(=O)[nH]1)c1ccc(Br)cc1Br. The van der Waals surface area contributed by atoms with E-state index in [9.17, 15) is 4.79 Å². The molecule has 104 valence electrons. The molecule has 2 rings (SSSR count). The lowest BCUT2D eigenvalue weighted by Crippen LogP contribution is -2.11. The minimum atomic E-state index is -0.210. The van der Waals surface area contributed by atoms with Gasteiger partial charge in [-0.1, -0.05) is 37.9 Å². The number of aromatic nitrogens is 2. The Morgan fingerprint density at radius 2 is 2.10 bits per heavy atom. The highest BCUT2D eigenvalue weighted by Gasteiger charge is 2.04. The zero-order valence-corrected chi connectivity index (χ0v) is 14.0. The van der Waals surface area contributed by atoms with Crippen LogP contribution in [0, 0.1) is 6.92 Å². The molecule has 2 N–H and O–H groups in total. The fourth-order valence-corrected chi connectivity index (χ4v) is 2.95. The van der Waals surface area contributed by atoms with Crippen LogP contribution in [0.15, 0.2) is 43.1 Å². The van der Waals surface area contributed by atoms with Gasteiger partial charge in [-0.2, -0.15) is 5.10 Å². The van der Waals surface area contributed by atoms with Crippen LogP contribution < -0.4 is 11.0 Å². The van der Waals surface area contributed by atoms with E-state index < -0.39 is 0 Å². The molecule has 20 heavy (non-hydrogen) atoms. The number of hydrazone groups is 1. The third-order valence-corrected chi connectivity index (χ3v) is 3.67. The molecule has 0 amide bonds. The lowest BCUT2D eigenvalue weighted by atomic mass is 10.1. The number of nitrogens with one attached hydrogen (secondary N) is 2. The predicted octanol–water partition coefficient (Wildman–Crippen LogP) is 3.44. The van der Waals surface area contributed by atoms with Crippen LogP contribution in [0.1, 0.15) is 18.2 Å². The van der Waals surface area contributed by atoms with Gasteiger partial charge in [-0.3, -0.25) is 9.78 Å². The zero-order chi connectivity index (χ0) is 14.7. The lowest BCUT2D eigenvalue weighted by molar-refractivity contribution is 1.04. The predicted molar refractivity (Wildman–Crippen MR) is 87.3 cm³/mol. The van der Waals surface area contributed by atoms with Crippen LogP contribution in [-0.2, 0) is 0 Å². The van der Waals surface area contributed by atoms with Gasteiger partial charge >= 0.3 is 0 Å². The highest BCUT2D eigenvalue weighted by molar-refractivity contribution is 9.11. The highest BCUT2D eigenvalue weighted by atomic mass is 79.9. The van der Waals surface area contributed by atoms with Gasteiger partial charge in [0.25, 0.3) is 5.56 Å². The highest BCUT2D eigenvalue weighted by Crippen LogP contribution is 2.22. The van der Waals surface area contributed by atoms with Gasteiger partial charge in [0.2, 0.25) is 5.95 Å². The van der Waals surface area contributed by atoms with Crippen LogP contribution in [0.2, 0.25) is 0 Å². The van der Waals surface area contributed by atoms with Gasteiger partial charge in [0.05, 0.1) is 5.71 Å². The van der Waals surface area contributed by atoms with Crippen molar-refractivity contribution in [2.45, 2.75) is 13.8 Å². The number of benzene rings is 1. The normalized spacial score (nSPS) is 11.5. The second-order valence-electron chi connectivity index (χ2n) is 4.17. The minimum absolute atomic E-state index is 0.210. The molecule has 1 aromatic heterocycles. The van der Waals surface area contributed by atoms with Crippen molar-refractivity contribution in [3.8, 4) is 0 Å². The van der Waals surface area contributed by atoms with E-state index in [2.05, 4.69) is 52.4 Å². The monoisotopic (exact) mass is 398 g/mol. The summed E-state index contributed by atoms with van der Waals surface area (Å²) in [5.41, 5.74) is 4.90. The Morgan fingerprint density at radius 3 is 2.75 bits per heavy atom. The molecular formula is C13H12Br2N4O. The maximum absolute atomic E-state index is 11.3. The summed E-state index contributed by atoms with van der Waals surface area (Å²) < 4.78 is 1.92. The third kappa shape index (κ3) is 3.77. The van der Waals surface area contributed by atoms with Crippen molar-refractivity contribution in [2.24, 2.45) is 5.10 Å². The Labute approximate surface area is 132 Å². The fourth-order valence-electron chi connectivity index (χ4n) is 1.61. The first kappa shape index (κ1) is 14.9. The number of aryl methyl sites for hydroxylation is 1. The molecule has 1 aromatic carbocycles. The molecule has 0 fully saturated rings. The summed E-state index contributed by atoms with van der Waals surface area (Å²) in [5.74, 6) is 0.322. The van der Waals surface area contributed by atoms with E-state index in [0.717, 1.165) is 20.2 Å². The van der Waals surface area contributed by atoms with E-state index in [4.69, 9.17) is 0 Å². The minimum Gasteiger partial charge on any atom is -0.291 e. The van der Waals surface area contributed by atoms with Crippen molar-refractivity contribution >= 4 is 43.5 Å². The van der Waals surface area contributed by atoms with Crippen LogP contribution in [0.25, 0.3) is 0 Å². The van der Waals surface area contributed by atoms with E-state index in [0.29, 0.717) is 11.6 Å². The van der Waals surface area contributed by atoms with Crippen LogP contribution in [0.5, 0.6) is 0 Å². The van der Waals surface area contributed by atoms with Gasteiger partial charge in [-0.25, -0.2) is 10.4 Å². The van der Waals surface area contributed by atoms with Gasteiger partial charge in [-0.15, -0.1) is 0 Å². The van der Waals surface area contributed by atoms with Crippen molar-refractivity contribution in [1.29, 1.82) is 0 Å². The van der Waals surface area contributed by atoms with Gasteiger partial charge in [0, 0.05) is 26.3 Å². The van der Waals surface area contributed by atoms with E-state index in [1.807, 2.05) is 25.1 Å². The van der Waals surface area contributed by atoms with Gasteiger partial charge < -0.3 is 0 Å². The number of halogens is 2. The number of aromatic amines is 1. The molecule has 0 radical (unpaired) electrons. The van der Waals surface area contributed by atoms with Crippen LogP contribution in [0.4, 0.5) is 5.95 Å². The largest absolute Gasteiger partial charge is 0.291 e. The number of rotatable bonds is 3. The van der Waals surface area contributed by atoms with Crippen LogP contribution >= 0.6 is 31.9 Å². The quantitative estimate of drug-likeness (QED) is 0.613. The molecular weight excluding hydrogens is 388 g/mol. The Balaban J connectivity index is 2.24. The third-order valence-electron chi connectivity index (χ3n) is 2.52. The molecule has 0 aliphatic carbocycles. The van der Waals surface area contributed by atoms with E-state index in [1.54, 1.807) is 6.92 Å². The standard InChI is InChI=1S/C13H12Br2N4O/c1-7-5-12(20)17-13(16-7)19-18-8(2)10-4-3-9(14)6-11(10)15/h3-6H,1-2H3,(H2,16,17,19,20). The maximum Gasteiger partial charge on any atom is 0.252 e. The molecule has 2 aromatic rings. The summed E-state index contributed by atoms with van der Waals surface area (Å²) in [6, 6.07) is 7.25. The first-order valence-electron chi connectivity index (χ1n) is 5.79. The molecule has 7 heteroatoms. The molecule has 0 aliphatic rings. The van der Waals surface area contributed by atoms with Crippen molar-refractivity contribution in [1.82, 2.24) is 9.97 Å². The van der Waals surface area contributed by atoms with Crippen LogP contribution in [0.3, 0.4) is 0 Å². The van der Waals surface area contributed by atoms with Crippen molar-refractivity contribution in [2.75, 3.05) is 5.43 Å². The Hall–Kier alpha value is -1.47. The molecule has 1 heterocycles. The smallest absolute Gasteiger partial charge is 0.252 e. The second kappa shape index (κ2) is 6.32. The second-order valence-corrected chi connectivity index (χ2v) is 5.94. The average Bonchev–Trinajstić information content (AvgIpc) is 2.35. The van der Waals surface area contributed by atoms with Gasteiger partial charge in [0.1, 0.15) is 0 Å². The lowest BCUT2D eigenvalue weighted by Gasteiger charge is -2.06. The number of anilines is 1. The molecule has 0 unspecified atom stereocenters. The molecule has 0 saturated heterocycles. The summed E-state index contributed by atoms with van der Waals surface area (Å²) in [4.78, 5) is 18.0. The summed E-state index contributed by atoms with van der Waals surface area (Å²) in [6.07, 6.45) is 0. The molecule has 0 spiro atoms.